The van der Waals surface area contributed by atoms with Crippen LogP contribution in [0.1, 0.15) is 13.8 Å². The SMILES string of the molecule is CC(C)CN(F)c1ccccc1. The van der Waals surface area contributed by atoms with Crippen molar-refractivity contribution in [3.05, 3.63) is 30.3 Å². The van der Waals surface area contributed by atoms with Gasteiger partial charge >= 0.3 is 0 Å². The topological polar surface area (TPSA) is 3.24 Å². The molecular weight excluding hydrogens is 153 g/mol. The Morgan fingerprint density at radius 3 is 2.33 bits per heavy atom. The standard InChI is InChI=1S/C10H14FN/c1-9(2)8-12(11)10-6-4-3-5-7-10/h3-7,9H,8H2,1-2H3. The van der Waals surface area contributed by atoms with E-state index in [0.29, 0.717) is 18.2 Å². The number of halogens is 1. The van der Waals surface area contributed by atoms with E-state index in [4.69, 9.17) is 0 Å². The third kappa shape index (κ3) is 2.53. The lowest BCUT2D eigenvalue weighted by Crippen LogP contribution is -2.17. The molecule has 12 heavy (non-hydrogen) atoms. The smallest absolute Gasteiger partial charge is 0.0687 e. The van der Waals surface area contributed by atoms with Crippen molar-refractivity contribution in [3.63, 3.8) is 0 Å². The fourth-order valence-corrected chi connectivity index (χ4v) is 1.02. The molecule has 1 rings (SSSR count). The van der Waals surface area contributed by atoms with Gasteiger partial charge in [-0.05, 0) is 18.1 Å². The van der Waals surface area contributed by atoms with E-state index in [1.54, 1.807) is 12.1 Å². The maximum Gasteiger partial charge on any atom is 0.0687 e. The zero-order chi connectivity index (χ0) is 8.97. The maximum atomic E-state index is 13.2. The zero-order valence-electron chi connectivity index (χ0n) is 7.50. The Kier molecular flexibility index (Phi) is 3.09. The van der Waals surface area contributed by atoms with Gasteiger partial charge in [0.1, 0.15) is 0 Å². The Bertz CT molecular complexity index is 221. The lowest BCUT2D eigenvalue weighted by molar-refractivity contribution is 0.399. The summed E-state index contributed by atoms with van der Waals surface area (Å²) in [6.07, 6.45) is 0. The molecular formula is C10H14FN. The van der Waals surface area contributed by atoms with Crippen molar-refractivity contribution in [2.45, 2.75) is 13.8 Å². The first-order valence-electron chi connectivity index (χ1n) is 4.18. The molecule has 0 fully saturated rings. The Morgan fingerprint density at radius 2 is 1.83 bits per heavy atom. The van der Waals surface area contributed by atoms with Crippen LogP contribution in [0.5, 0.6) is 0 Å². The molecule has 0 aromatic heterocycles. The highest BCUT2D eigenvalue weighted by Gasteiger charge is 2.05. The van der Waals surface area contributed by atoms with E-state index < -0.39 is 0 Å². The van der Waals surface area contributed by atoms with Crippen LogP contribution < -0.4 is 5.12 Å². The summed E-state index contributed by atoms with van der Waals surface area (Å²) in [7, 11) is 0. The van der Waals surface area contributed by atoms with Crippen molar-refractivity contribution >= 4 is 5.69 Å². The number of hydrogen-bond acceptors (Lipinski definition) is 1. The second-order valence-corrected chi connectivity index (χ2v) is 3.27. The molecule has 0 saturated heterocycles. The van der Waals surface area contributed by atoms with Gasteiger partial charge < -0.3 is 0 Å². The second kappa shape index (κ2) is 4.10. The molecule has 0 N–H and O–H groups in total. The predicted octanol–water partition coefficient (Wildman–Crippen LogP) is 3.03. The van der Waals surface area contributed by atoms with E-state index in [-0.39, 0.29) is 0 Å². The highest BCUT2D eigenvalue weighted by atomic mass is 19.2. The van der Waals surface area contributed by atoms with E-state index in [2.05, 4.69) is 0 Å². The van der Waals surface area contributed by atoms with Crippen molar-refractivity contribution in [2.75, 3.05) is 11.7 Å². The van der Waals surface area contributed by atoms with Crippen molar-refractivity contribution in [1.29, 1.82) is 0 Å². The molecule has 2 heteroatoms. The molecule has 0 heterocycles. The maximum absolute atomic E-state index is 13.2. The van der Waals surface area contributed by atoms with Crippen LogP contribution in [0.25, 0.3) is 0 Å². The van der Waals surface area contributed by atoms with Crippen LogP contribution >= 0.6 is 0 Å². The number of nitrogens with zero attached hydrogens (tertiary/aromatic N) is 1. The Hall–Kier alpha value is -1.05. The predicted molar refractivity (Wildman–Crippen MR) is 49.7 cm³/mol. The Morgan fingerprint density at radius 1 is 1.25 bits per heavy atom. The first-order valence-corrected chi connectivity index (χ1v) is 4.18. The summed E-state index contributed by atoms with van der Waals surface area (Å²) in [4.78, 5) is 0. The summed E-state index contributed by atoms with van der Waals surface area (Å²) in [6, 6.07) is 9.09. The van der Waals surface area contributed by atoms with Gasteiger partial charge in [-0.15, -0.1) is 0 Å². The third-order valence-electron chi connectivity index (χ3n) is 1.56. The van der Waals surface area contributed by atoms with Crippen molar-refractivity contribution in [1.82, 2.24) is 0 Å². The molecule has 1 aromatic rings. The quantitative estimate of drug-likeness (QED) is 0.625. The summed E-state index contributed by atoms with van der Waals surface area (Å²) in [5.74, 6) is 0.343. The number of benzene rings is 1. The van der Waals surface area contributed by atoms with Crippen molar-refractivity contribution < 1.29 is 4.48 Å². The molecule has 0 amide bonds. The number of hydrogen-bond donors (Lipinski definition) is 0. The number of anilines is 1. The van der Waals surface area contributed by atoms with Crippen LogP contribution in [-0.2, 0) is 0 Å². The molecule has 66 valence electrons. The molecule has 0 aliphatic heterocycles. The van der Waals surface area contributed by atoms with Gasteiger partial charge in [0.2, 0.25) is 0 Å². The van der Waals surface area contributed by atoms with E-state index in [0.717, 1.165) is 5.12 Å². The fourth-order valence-electron chi connectivity index (χ4n) is 1.02. The average Bonchev–Trinajstić information content (AvgIpc) is 2.05. The summed E-state index contributed by atoms with van der Waals surface area (Å²) >= 11 is 0. The van der Waals surface area contributed by atoms with Gasteiger partial charge in [-0.1, -0.05) is 36.5 Å². The highest BCUT2D eigenvalue weighted by molar-refractivity contribution is 5.42. The van der Waals surface area contributed by atoms with Crippen LogP contribution in [0.4, 0.5) is 10.2 Å². The number of para-hydroxylation sites is 1. The van der Waals surface area contributed by atoms with E-state index in [1.807, 2.05) is 32.0 Å². The van der Waals surface area contributed by atoms with Crippen LogP contribution in [0.3, 0.4) is 0 Å². The normalized spacial score (nSPS) is 10.3. The van der Waals surface area contributed by atoms with Gasteiger partial charge in [-0.2, -0.15) is 0 Å². The fraction of sp³-hybridized carbons (Fsp3) is 0.400. The molecule has 0 aliphatic carbocycles. The minimum absolute atomic E-state index is 0.343. The molecule has 0 saturated carbocycles. The molecule has 0 bridgehead atoms. The van der Waals surface area contributed by atoms with Crippen LogP contribution in [0.2, 0.25) is 0 Å². The first kappa shape index (κ1) is 9.04. The molecule has 0 radical (unpaired) electrons. The summed E-state index contributed by atoms with van der Waals surface area (Å²) in [5, 5.41) is 0.782. The van der Waals surface area contributed by atoms with Gasteiger partial charge in [0.25, 0.3) is 0 Å². The Labute approximate surface area is 72.8 Å². The van der Waals surface area contributed by atoms with Crippen LogP contribution in [0, 0.1) is 5.92 Å². The number of rotatable bonds is 3. The van der Waals surface area contributed by atoms with Gasteiger partial charge in [0.15, 0.2) is 0 Å². The van der Waals surface area contributed by atoms with Gasteiger partial charge in [-0.25, -0.2) is 5.12 Å². The van der Waals surface area contributed by atoms with E-state index in [9.17, 15) is 4.48 Å². The van der Waals surface area contributed by atoms with E-state index >= 15 is 0 Å². The van der Waals surface area contributed by atoms with Crippen molar-refractivity contribution in [3.8, 4) is 0 Å². The Balaban J connectivity index is 2.59. The summed E-state index contributed by atoms with van der Waals surface area (Å²) in [6.45, 7) is 4.44. The molecule has 0 spiro atoms. The van der Waals surface area contributed by atoms with Gasteiger partial charge in [0, 0.05) is 0 Å². The molecule has 0 unspecified atom stereocenters. The second-order valence-electron chi connectivity index (χ2n) is 3.27. The minimum Gasteiger partial charge on any atom is -0.212 e. The average molecular weight is 167 g/mol. The molecule has 0 aliphatic rings. The summed E-state index contributed by atoms with van der Waals surface area (Å²) < 4.78 is 13.2. The van der Waals surface area contributed by atoms with Crippen LogP contribution in [0.15, 0.2) is 30.3 Å². The largest absolute Gasteiger partial charge is 0.212 e. The van der Waals surface area contributed by atoms with E-state index in [1.165, 1.54) is 0 Å². The molecule has 0 atom stereocenters. The van der Waals surface area contributed by atoms with Gasteiger partial charge in [0.05, 0.1) is 12.2 Å². The van der Waals surface area contributed by atoms with Crippen LogP contribution in [-0.4, -0.2) is 6.54 Å². The van der Waals surface area contributed by atoms with Crippen molar-refractivity contribution in [2.24, 2.45) is 5.92 Å². The highest BCUT2D eigenvalue weighted by Crippen LogP contribution is 2.14. The lowest BCUT2D eigenvalue weighted by Gasteiger charge is -2.15. The monoisotopic (exact) mass is 167 g/mol. The first-order chi connectivity index (χ1) is 5.70. The molecule has 1 aromatic carbocycles. The molecule has 1 nitrogen and oxygen atoms in total. The lowest BCUT2D eigenvalue weighted by atomic mass is 10.2. The summed E-state index contributed by atoms with van der Waals surface area (Å²) in [5.41, 5.74) is 0.631. The minimum atomic E-state index is 0.343. The third-order valence-corrected chi connectivity index (χ3v) is 1.56. The zero-order valence-corrected chi connectivity index (χ0v) is 7.50. The van der Waals surface area contributed by atoms with Gasteiger partial charge in [-0.3, -0.25) is 0 Å².